The molecule has 0 saturated carbocycles. The second-order valence-electron chi connectivity index (χ2n) is 5.91. The highest BCUT2D eigenvalue weighted by molar-refractivity contribution is 5.93. The first kappa shape index (κ1) is 18.7. The van der Waals surface area contributed by atoms with Gasteiger partial charge in [0.15, 0.2) is 0 Å². The van der Waals surface area contributed by atoms with Gasteiger partial charge in [0.1, 0.15) is 0 Å². The largest absolute Gasteiger partial charge is 0.277 e. The maximum atomic E-state index is 11.9. The zero-order valence-corrected chi connectivity index (χ0v) is 14.4. The van der Waals surface area contributed by atoms with Crippen LogP contribution < -0.4 is 0 Å². The number of unbranched alkanes of at least 4 members (excludes halogenated alkanes) is 7. The van der Waals surface area contributed by atoms with Gasteiger partial charge >= 0.3 is 0 Å². The molecular formula is C19H31NO2. The van der Waals surface area contributed by atoms with E-state index in [1.807, 2.05) is 12.1 Å². The van der Waals surface area contributed by atoms with Crippen LogP contribution >= 0.6 is 0 Å². The second kappa shape index (κ2) is 11.2. The Labute approximate surface area is 135 Å². The van der Waals surface area contributed by atoms with Gasteiger partial charge in [-0.2, -0.15) is 0 Å². The minimum Gasteiger partial charge on any atom is -0.274 e. The number of hydrogen-bond donors (Lipinski definition) is 0. The molecule has 0 radical (unpaired) electrons. The molecule has 1 amide bonds. The third-order valence-electron chi connectivity index (χ3n) is 4.08. The van der Waals surface area contributed by atoms with Gasteiger partial charge in [-0.25, -0.2) is 5.06 Å². The maximum absolute atomic E-state index is 11.9. The predicted octanol–water partition coefficient (Wildman–Crippen LogP) is 5.00. The van der Waals surface area contributed by atoms with E-state index in [2.05, 4.69) is 19.1 Å². The number of hydrogen-bond acceptors (Lipinski definition) is 2. The van der Waals surface area contributed by atoms with E-state index in [1.165, 1.54) is 69.1 Å². The van der Waals surface area contributed by atoms with Crippen molar-refractivity contribution in [2.75, 3.05) is 14.2 Å². The van der Waals surface area contributed by atoms with E-state index in [0.29, 0.717) is 5.56 Å². The van der Waals surface area contributed by atoms with Crippen molar-refractivity contribution in [2.24, 2.45) is 0 Å². The van der Waals surface area contributed by atoms with Gasteiger partial charge in [-0.05, 0) is 30.5 Å². The lowest BCUT2D eigenvalue weighted by atomic mass is 10.0. The van der Waals surface area contributed by atoms with Gasteiger partial charge in [-0.15, -0.1) is 0 Å². The SMILES string of the molecule is CCCCCCCCCCc1ccc(C(=O)N(C)OC)cc1. The average molecular weight is 305 g/mol. The Morgan fingerprint density at radius 2 is 1.50 bits per heavy atom. The monoisotopic (exact) mass is 305 g/mol. The summed E-state index contributed by atoms with van der Waals surface area (Å²) >= 11 is 0. The molecule has 0 fully saturated rings. The van der Waals surface area contributed by atoms with Gasteiger partial charge in [-0.1, -0.05) is 64.0 Å². The van der Waals surface area contributed by atoms with E-state index < -0.39 is 0 Å². The van der Waals surface area contributed by atoms with Crippen LogP contribution in [0.4, 0.5) is 0 Å². The fraction of sp³-hybridized carbons (Fsp3) is 0.632. The molecule has 0 bridgehead atoms. The summed E-state index contributed by atoms with van der Waals surface area (Å²) in [7, 11) is 3.12. The van der Waals surface area contributed by atoms with E-state index in [1.54, 1.807) is 7.05 Å². The summed E-state index contributed by atoms with van der Waals surface area (Å²) < 4.78 is 0. The Bertz CT molecular complexity index is 414. The first-order chi connectivity index (χ1) is 10.7. The van der Waals surface area contributed by atoms with Crippen LogP contribution in [0.1, 0.15) is 74.2 Å². The molecule has 0 aliphatic carbocycles. The summed E-state index contributed by atoms with van der Waals surface area (Å²) in [6.45, 7) is 2.26. The molecule has 124 valence electrons. The molecule has 1 aromatic rings. The summed E-state index contributed by atoms with van der Waals surface area (Å²) in [5.41, 5.74) is 1.98. The van der Waals surface area contributed by atoms with Gasteiger partial charge in [0, 0.05) is 12.6 Å². The molecule has 3 heteroatoms. The molecule has 1 rings (SSSR count). The van der Waals surface area contributed by atoms with Crippen molar-refractivity contribution in [3.8, 4) is 0 Å². The van der Waals surface area contributed by atoms with Gasteiger partial charge in [0.05, 0.1) is 7.11 Å². The molecule has 0 heterocycles. The molecule has 0 aromatic heterocycles. The van der Waals surface area contributed by atoms with Crippen LogP contribution in [0.5, 0.6) is 0 Å². The molecule has 22 heavy (non-hydrogen) atoms. The Morgan fingerprint density at radius 1 is 0.955 bits per heavy atom. The Balaban J connectivity index is 2.20. The number of rotatable bonds is 11. The number of aryl methyl sites for hydroxylation is 1. The van der Waals surface area contributed by atoms with Crippen molar-refractivity contribution in [1.82, 2.24) is 5.06 Å². The van der Waals surface area contributed by atoms with Crippen molar-refractivity contribution in [2.45, 2.75) is 64.7 Å². The van der Waals surface area contributed by atoms with E-state index in [9.17, 15) is 4.79 Å². The van der Waals surface area contributed by atoms with Gasteiger partial charge in [0.2, 0.25) is 0 Å². The fourth-order valence-corrected chi connectivity index (χ4v) is 2.54. The summed E-state index contributed by atoms with van der Waals surface area (Å²) in [4.78, 5) is 16.8. The van der Waals surface area contributed by atoms with Crippen LogP contribution in [0.3, 0.4) is 0 Å². The minimum atomic E-state index is -0.110. The molecule has 0 unspecified atom stereocenters. The average Bonchev–Trinajstić information content (AvgIpc) is 2.56. The maximum Gasteiger partial charge on any atom is 0.277 e. The number of carbonyl (C=O) groups is 1. The highest BCUT2D eigenvalue weighted by Crippen LogP contribution is 2.13. The van der Waals surface area contributed by atoms with Crippen molar-refractivity contribution in [3.05, 3.63) is 35.4 Å². The smallest absolute Gasteiger partial charge is 0.274 e. The molecule has 1 aromatic carbocycles. The number of amides is 1. The molecular weight excluding hydrogens is 274 g/mol. The number of nitrogens with zero attached hydrogens (tertiary/aromatic N) is 1. The van der Waals surface area contributed by atoms with E-state index in [4.69, 9.17) is 4.84 Å². The predicted molar refractivity (Wildman–Crippen MR) is 91.9 cm³/mol. The van der Waals surface area contributed by atoms with E-state index >= 15 is 0 Å². The van der Waals surface area contributed by atoms with Crippen molar-refractivity contribution in [1.29, 1.82) is 0 Å². The minimum absolute atomic E-state index is 0.110. The van der Waals surface area contributed by atoms with E-state index in [0.717, 1.165) is 6.42 Å². The van der Waals surface area contributed by atoms with Crippen LogP contribution in [0.25, 0.3) is 0 Å². The molecule has 0 N–H and O–H groups in total. The van der Waals surface area contributed by atoms with E-state index in [-0.39, 0.29) is 5.91 Å². The summed E-state index contributed by atoms with van der Waals surface area (Å²) in [6.07, 6.45) is 11.8. The van der Waals surface area contributed by atoms with Crippen LogP contribution in [-0.4, -0.2) is 25.1 Å². The van der Waals surface area contributed by atoms with Gasteiger partial charge in [0.25, 0.3) is 5.91 Å². The fourth-order valence-electron chi connectivity index (χ4n) is 2.54. The summed E-state index contributed by atoms with van der Waals surface area (Å²) in [6, 6.07) is 7.88. The molecule has 3 nitrogen and oxygen atoms in total. The van der Waals surface area contributed by atoms with Crippen molar-refractivity contribution >= 4 is 5.91 Å². The quantitative estimate of drug-likeness (QED) is 0.425. The molecule has 0 saturated heterocycles. The number of hydroxylamine groups is 2. The molecule has 0 aliphatic rings. The highest BCUT2D eigenvalue weighted by Gasteiger charge is 2.10. The zero-order chi connectivity index (χ0) is 16.2. The Hall–Kier alpha value is -1.35. The second-order valence-corrected chi connectivity index (χ2v) is 5.91. The summed E-state index contributed by atoms with van der Waals surface area (Å²) in [5.74, 6) is -0.110. The van der Waals surface area contributed by atoms with Crippen LogP contribution in [0, 0.1) is 0 Å². The van der Waals surface area contributed by atoms with Crippen molar-refractivity contribution < 1.29 is 9.63 Å². The lowest BCUT2D eigenvalue weighted by Crippen LogP contribution is -2.25. The molecule has 0 atom stereocenters. The third kappa shape index (κ3) is 7.08. The standard InChI is InChI=1S/C19H31NO2/c1-4-5-6-7-8-9-10-11-12-17-13-15-18(16-14-17)19(21)20(2)22-3/h13-16H,4-12H2,1-3H3. The summed E-state index contributed by atoms with van der Waals surface area (Å²) in [5, 5.41) is 1.24. The number of benzene rings is 1. The van der Waals surface area contributed by atoms with Crippen LogP contribution in [-0.2, 0) is 11.3 Å². The van der Waals surface area contributed by atoms with Gasteiger partial charge in [-0.3, -0.25) is 9.63 Å². The topological polar surface area (TPSA) is 29.5 Å². The van der Waals surface area contributed by atoms with Crippen molar-refractivity contribution in [3.63, 3.8) is 0 Å². The van der Waals surface area contributed by atoms with Crippen LogP contribution in [0.15, 0.2) is 24.3 Å². The lowest BCUT2D eigenvalue weighted by molar-refractivity contribution is -0.0756. The Kier molecular flexibility index (Phi) is 9.56. The van der Waals surface area contributed by atoms with Crippen LogP contribution in [0.2, 0.25) is 0 Å². The molecule has 0 spiro atoms. The van der Waals surface area contributed by atoms with Gasteiger partial charge < -0.3 is 0 Å². The zero-order valence-electron chi connectivity index (χ0n) is 14.4. The first-order valence-electron chi connectivity index (χ1n) is 8.60. The molecule has 0 aliphatic heterocycles. The first-order valence-corrected chi connectivity index (χ1v) is 8.60. The lowest BCUT2D eigenvalue weighted by Gasteiger charge is -2.13. The Morgan fingerprint density at radius 3 is 2.05 bits per heavy atom. The highest BCUT2D eigenvalue weighted by atomic mass is 16.7. The number of carbonyl (C=O) groups excluding carboxylic acids is 1. The normalized spacial score (nSPS) is 10.7. The third-order valence-corrected chi connectivity index (χ3v) is 4.08.